The average molecular weight is 566 g/mol. The molecular formula is C26H23ClF7NO3. The summed E-state index contributed by atoms with van der Waals surface area (Å²) in [7, 11) is 0. The second-order valence-electron chi connectivity index (χ2n) is 8.25. The molecule has 0 aromatic heterocycles. The fraction of sp³-hybridized carbons (Fsp3) is 0.308. The predicted octanol–water partition coefficient (Wildman–Crippen LogP) is 7.86. The molecule has 38 heavy (non-hydrogen) atoms. The van der Waals surface area contributed by atoms with Gasteiger partial charge >= 0.3 is 18.7 Å². The quantitative estimate of drug-likeness (QED) is 0.240. The lowest BCUT2D eigenvalue weighted by Crippen LogP contribution is -2.40. The number of nitrogens with zero attached hydrogens (tertiary/aromatic N) is 1. The van der Waals surface area contributed by atoms with Crippen molar-refractivity contribution in [3.63, 3.8) is 0 Å². The van der Waals surface area contributed by atoms with Crippen molar-refractivity contribution in [3.8, 4) is 17.2 Å². The van der Waals surface area contributed by atoms with Gasteiger partial charge in [0.1, 0.15) is 17.2 Å². The number of benzene rings is 3. The zero-order valence-electron chi connectivity index (χ0n) is 19.9. The molecule has 0 aliphatic heterocycles. The van der Waals surface area contributed by atoms with Gasteiger partial charge in [0.2, 0.25) is 0 Å². The Bertz CT molecular complexity index is 1220. The molecule has 0 aliphatic rings. The van der Waals surface area contributed by atoms with E-state index in [-0.39, 0.29) is 23.5 Å². The maximum Gasteiger partial charge on any atom is 0.461 e. The van der Waals surface area contributed by atoms with Crippen LogP contribution in [0.5, 0.6) is 17.2 Å². The number of aliphatic hydroxyl groups is 1. The number of aryl methyl sites for hydroxylation is 1. The van der Waals surface area contributed by atoms with Crippen molar-refractivity contribution in [1.29, 1.82) is 0 Å². The number of alkyl halides is 7. The molecule has 1 N–H and O–H groups in total. The third-order valence-corrected chi connectivity index (χ3v) is 5.60. The van der Waals surface area contributed by atoms with E-state index in [4.69, 9.17) is 16.3 Å². The van der Waals surface area contributed by atoms with E-state index >= 15 is 0 Å². The van der Waals surface area contributed by atoms with Gasteiger partial charge < -0.3 is 19.5 Å². The third-order valence-electron chi connectivity index (χ3n) is 5.37. The van der Waals surface area contributed by atoms with Crippen LogP contribution in [0.3, 0.4) is 0 Å². The Morgan fingerprint density at radius 3 is 2.26 bits per heavy atom. The van der Waals surface area contributed by atoms with Crippen molar-refractivity contribution in [2.75, 3.05) is 11.4 Å². The van der Waals surface area contributed by atoms with Crippen molar-refractivity contribution < 1.29 is 45.3 Å². The minimum atomic E-state index is -4.93. The molecule has 1 atom stereocenters. The number of hydrogen-bond acceptors (Lipinski definition) is 4. The molecule has 3 aromatic rings. The van der Waals surface area contributed by atoms with Gasteiger partial charge in [-0.15, -0.1) is 0 Å². The van der Waals surface area contributed by atoms with Crippen molar-refractivity contribution in [3.05, 3.63) is 82.9 Å². The molecule has 0 unspecified atom stereocenters. The Morgan fingerprint density at radius 2 is 1.61 bits per heavy atom. The highest BCUT2D eigenvalue weighted by molar-refractivity contribution is 6.30. The molecule has 206 valence electrons. The molecule has 0 saturated carbocycles. The molecular weight excluding hydrogens is 543 g/mol. The van der Waals surface area contributed by atoms with Crippen LogP contribution in [0.25, 0.3) is 0 Å². The Labute approximate surface area is 219 Å². The molecule has 0 bridgehead atoms. The van der Waals surface area contributed by atoms with Gasteiger partial charge in [0.15, 0.2) is 6.10 Å². The van der Waals surface area contributed by atoms with E-state index in [1.54, 1.807) is 24.3 Å². The number of anilines is 1. The highest BCUT2D eigenvalue weighted by Crippen LogP contribution is 2.33. The zero-order chi connectivity index (χ0) is 28.1. The molecule has 0 radical (unpaired) electrons. The van der Waals surface area contributed by atoms with Gasteiger partial charge in [-0.2, -0.15) is 30.7 Å². The molecule has 3 aromatic carbocycles. The maximum absolute atomic E-state index is 13.3. The second kappa shape index (κ2) is 12.1. The van der Waals surface area contributed by atoms with Gasteiger partial charge in [-0.05, 0) is 60.0 Å². The standard InChI is InChI=1S/C26H23ClF7NO3/c1-2-17-12-18(27)9-10-22(17)37-20-7-4-6-19(13-20)35(15-23(36)25(30,31)32)14-16-5-3-8-21(11-16)38-26(33,34)24(28)29/h3-13,23-24,36H,2,14-15H2,1H3/t23-/m1/s1. The summed E-state index contributed by atoms with van der Waals surface area (Å²) in [4.78, 5) is 1.15. The van der Waals surface area contributed by atoms with Gasteiger partial charge in [-0.25, -0.2) is 0 Å². The van der Waals surface area contributed by atoms with Gasteiger partial charge in [0.05, 0.1) is 6.54 Å². The minimum Gasteiger partial charge on any atom is -0.457 e. The normalized spacial score (nSPS) is 12.9. The van der Waals surface area contributed by atoms with Gasteiger partial charge in [0, 0.05) is 23.3 Å². The summed E-state index contributed by atoms with van der Waals surface area (Å²) in [5, 5.41) is 10.3. The Balaban J connectivity index is 1.91. The van der Waals surface area contributed by atoms with Crippen molar-refractivity contribution in [2.24, 2.45) is 0 Å². The van der Waals surface area contributed by atoms with E-state index < -0.39 is 37.1 Å². The summed E-state index contributed by atoms with van der Waals surface area (Å²) >= 11 is 6.02. The largest absolute Gasteiger partial charge is 0.461 e. The van der Waals surface area contributed by atoms with Crippen LogP contribution in [0.4, 0.5) is 36.4 Å². The van der Waals surface area contributed by atoms with Crippen LogP contribution >= 0.6 is 11.6 Å². The Morgan fingerprint density at radius 1 is 0.921 bits per heavy atom. The van der Waals surface area contributed by atoms with Crippen LogP contribution in [0.15, 0.2) is 66.7 Å². The molecule has 0 aliphatic carbocycles. The molecule has 0 fully saturated rings. The summed E-state index contributed by atoms with van der Waals surface area (Å²) in [6, 6.07) is 15.7. The van der Waals surface area contributed by atoms with Gasteiger partial charge in [-0.1, -0.05) is 36.7 Å². The van der Waals surface area contributed by atoms with E-state index in [0.717, 1.165) is 22.6 Å². The molecule has 4 nitrogen and oxygen atoms in total. The first-order valence-electron chi connectivity index (χ1n) is 11.3. The fourth-order valence-corrected chi connectivity index (χ4v) is 3.69. The molecule has 0 amide bonds. The summed E-state index contributed by atoms with van der Waals surface area (Å²) in [6.07, 6.45) is -15.9. The first-order chi connectivity index (χ1) is 17.8. The van der Waals surface area contributed by atoms with Crippen molar-refractivity contribution in [1.82, 2.24) is 0 Å². The third kappa shape index (κ3) is 7.91. The molecule has 0 saturated heterocycles. The fourth-order valence-electron chi connectivity index (χ4n) is 3.50. The Kier molecular flexibility index (Phi) is 9.37. The molecule has 12 heteroatoms. The highest BCUT2D eigenvalue weighted by atomic mass is 35.5. The number of rotatable bonds is 11. The smallest absolute Gasteiger partial charge is 0.457 e. The summed E-state index contributed by atoms with van der Waals surface area (Å²) in [6.45, 7) is 0.672. The average Bonchev–Trinajstić information content (AvgIpc) is 2.84. The van der Waals surface area contributed by atoms with E-state index in [1.165, 1.54) is 30.3 Å². The van der Waals surface area contributed by atoms with Gasteiger partial charge in [0.25, 0.3) is 0 Å². The Hall–Kier alpha value is -3.18. The minimum absolute atomic E-state index is 0.166. The van der Waals surface area contributed by atoms with E-state index in [1.807, 2.05) is 6.92 Å². The van der Waals surface area contributed by atoms with Crippen LogP contribution in [0.2, 0.25) is 5.02 Å². The lowest BCUT2D eigenvalue weighted by molar-refractivity contribution is -0.253. The first kappa shape index (κ1) is 29.4. The maximum atomic E-state index is 13.3. The lowest BCUT2D eigenvalue weighted by Gasteiger charge is -2.29. The van der Waals surface area contributed by atoms with E-state index in [0.29, 0.717) is 17.2 Å². The molecule has 0 heterocycles. The summed E-state index contributed by atoms with van der Waals surface area (Å²) in [5.41, 5.74) is 1.17. The molecule has 3 rings (SSSR count). The lowest BCUT2D eigenvalue weighted by atomic mass is 10.1. The first-order valence-corrected chi connectivity index (χ1v) is 11.7. The van der Waals surface area contributed by atoms with E-state index in [2.05, 4.69) is 4.74 Å². The number of ether oxygens (including phenoxy) is 2. The zero-order valence-corrected chi connectivity index (χ0v) is 20.6. The number of halogens is 8. The van der Waals surface area contributed by atoms with Crippen molar-refractivity contribution in [2.45, 2.75) is 44.7 Å². The molecule has 0 spiro atoms. The van der Waals surface area contributed by atoms with E-state index in [9.17, 15) is 35.8 Å². The highest BCUT2D eigenvalue weighted by Gasteiger charge is 2.44. The van der Waals surface area contributed by atoms with Crippen LogP contribution in [-0.4, -0.2) is 36.5 Å². The topological polar surface area (TPSA) is 41.9 Å². The predicted molar refractivity (Wildman–Crippen MR) is 128 cm³/mol. The van der Waals surface area contributed by atoms with Crippen molar-refractivity contribution >= 4 is 17.3 Å². The van der Waals surface area contributed by atoms with Gasteiger partial charge in [-0.3, -0.25) is 0 Å². The van der Waals surface area contributed by atoms with Crippen LogP contribution in [-0.2, 0) is 13.0 Å². The monoisotopic (exact) mass is 565 g/mol. The summed E-state index contributed by atoms with van der Waals surface area (Å²) in [5.74, 6) is 0.163. The number of hydrogen-bond donors (Lipinski definition) is 1. The van der Waals surface area contributed by atoms with Crippen LogP contribution in [0, 0.1) is 0 Å². The number of aliphatic hydroxyl groups excluding tert-OH is 1. The SMILES string of the molecule is CCc1cc(Cl)ccc1Oc1cccc(N(Cc2cccc(OC(F)(F)C(F)F)c2)C[C@@H](O)C(F)(F)F)c1. The van der Waals surface area contributed by atoms with Crippen LogP contribution in [0.1, 0.15) is 18.1 Å². The second-order valence-corrected chi connectivity index (χ2v) is 8.69. The van der Waals surface area contributed by atoms with Crippen LogP contribution < -0.4 is 14.4 Å². The summed E-state index contributed by atoms with van der Waals surface area (Å²) < 4.78 is 101.